The van der Waals surface area contributed by atoms with Gasteiger partial charge in [-0.2, -0.15) is 0 Å². The van der Waals surface area contributed by atoms with Gasteiger partial charge in [0.25, 0.3) is 5.91 Å². The summed E-state index contributed by atoms with van der Waals surface area (Å²) in [6.07, 6.45) is 1.49. The van der Waals surface area contributed by atoms with Gasteiger partial charge >= 0.3 is 0 Å². The number of ether oxygens (including phenoxy) is 2. The molecule has 0 spiro atoms. The Bertz CT molecular complexity index is 1090. The van der Waals surface area contributed by atoms with Crippen LogP contribution in [0.2, 0.25) is 0 Å². The molecule has 0 unspecified atom stereocenters. The zero-order valence-corrected chi connectivity index (χ0v) is 15.4. The van der Waals surface area contributed by atoms with Crippen molar-refractivity contribution in [2.75, 3.05) is 22.7 Å². The minimum absolute atomic E-state index is 0.188. The van der Waals surface area contributed by atoms with Gasteiger partial charge in [0.05, 0.1) is 0 Å². The van der Waals surface area contributed by atoms with Gasteiger partial charge in [0.1, 0.15) is 5.69 Å². The molecule has 3 aromatic rings. The van der Waals surface area contributed by atoms with Crippen LogP contribution in [-0.2, 0) is 4.79 Å². The summed E-state index contributed by atoms with van der Waals surface area (Å²) in [6, 6.07) is 13.7. The lowest BCUT2D eigenvalue weighted by Crippen LogP contribution is -2.15. The quantitative estimate of drug-likeness (QED) is 0.612. The predicted molar refractivity (Wildman–Crippen MR) is 107 cm³/mol. The molecule has 0 saturated heterocycles. The van der Waals surface area contributed by atoms with Crippen LogP contribution in [0.5, 0.6) is 11.5 Å². The van der Waals surface area contributed by atoms with Crippen molar-refractivity contribution in [3.63, 3.8) is 0 Å². The van der Waals surface area contributed by atoms with Crippen molar-refractivity contribution in [3.05, 3.63) is 60.4 Å². The molecule has 0 fully saturated rings. The van der Waals surface area contributed by atoms with Crippen molar-refractivity contribution in [1.29, 1.82) is 0 Å². The van der Waals surface area contributed by atoms with Gasteiger partial charge in [-0.1, -0.05) is 6.07 Å². The highest BCUT2D eigenvalue weighted by atomic mass is 16.7. The number of carbonyl (C=O) groups excluding carboxylic acids is 2. The third-order valence-corrected chi connectivity index (χ3v) is 3.96. The summed E-state index contributed by atoms with van der Waals surface area (Å²) in [6.45, 7) is 1.61. The summed E-state index contributed by atoms with van der Waals surface area (Å²) in [5.41, 5.74) is 2.01. The highest BCUT2D eigenvalue weighted by Crippen LogP contribution is 2.34. The van der Waals surface area contributed by atoms with E-state index in [1.54, 1.807) is 42.5 Å². The number of rotatable bonds is 5. The molecule has 0 atom stereocenters. The Labute approximate surface area is 166 Å². The van der Waals surface area contributed by atoms with E-state index in [0.29, 0.717) is 28.6 Å². The Morgan fingerprint density at radius 1 is 0.931 bits per heavy atom. The van der Waals surface area contributed by atoms with E-state index >= 15 is 0 Å². The number of aromatic nitrogens is 2. The fourth-order valence-corrected chi connectivity index (χ4v) is 2.72. The smallest absolute Gasteiger partial charge is 0.274 e. The molecule has 4 rings (SSSR count). The lowest BCUT2D eigenvalue weighted by atomic mass is 10.2. The van der Waals surface area contributed by atoms with Gasteiger partial charge in [-0.05, 0) is 36.4 Å². The van der Waals surface area contributed by atoms with Crippen LogP contribution < -0.4 is 25.4 Å². The third kappa shape index (κ3) is 4.41. The van der Waals surface area contributed by atoms with E-state index in [1.807, 2.05) is 0 Å². The van der Waals surface area contributed by atoms with Crippen LogP contribution in [0.25, 0.3) is 0 Å². The molecule has 0 aliphatic carbocycles. The zero-order chi connectivity index (χ0) is 20.2. The van der Waals surface area contributed by atoms with Crippen LogP contribution in [-0.4, -0.2) is 28.6 Å². The van der Waals surface area contributed by atoms with E-state index in [-0.39, 0.29) is 24.3 Å². The van der Waals surface area contributed by atoms with Crippen LogP contribution in [0.4, 0.5) is 23.0 Å². The third-order valence-electron chi connectivity index (χ3n) is 3.96. The number of hydrogen-bond donors (Lipinski definition) is 3. The minimum atomic E-state index is -0.402. The van der Waals surface area contributed by atoms with Gasteiger partial charge in [0.15, 0.2) is 11.5 Å². The molecule has 2 heterocycles. The fourth-order valence-electron chi connectivity index (χ4n) is 2.72. The number of anilines is 4. The Morgan fingerprint density at radius 2 is 1.72 bits per heavy atom. The Kier molecular flexibility index (Phi) is 4.93. The minimum Gasteiger partial charge on any atom is -0.454 e. The number of carbonyl (C=O) groups is 2. The Hall–Kier alpha value is -4.14. The molecular formula is C20H17N5O4. The van der Waals surface area contributed by atoms with Crippen LogP contribution >= 0.6 is 0 Å². The lowest BCUT2D eigenvalue weighted by Gasteiger charge is -2.09. The highest BCUT2D eigenvalue weighted by molar-refractivity contribution is 6.03. The van der Waals surface area contributed by atoms with Crippen LogP contribution in [0.1, 0.15) is 17.4 Å². The van der Waals surface area contributed by atoms with Crippen molar-refractivity contribution in [2.45, 2.75) is 6.92 Å². The number of fused-ring (bicyclic) bond motifs is 1. The van der Waals surface area contributed by atoms with Crippen molar-refractivity contribution < 1.29 is 19.1 Å². The first-order valence-electron chi connectivity index (χ1n) is 8.75. The molecule has 2 amide bonds. The van der Waals surface area contributed by atoms with Gasteiger partial charge in [-0.3, -0.25) is 9.59 Å². The average Bonchev–Trinajstić information content (AvgIpc) is 3.16. The maximum absolute atomic E-state index is 12.6. The maximum Gasteiger partial charge on any atom is 0.274 e. The second-order valence-electron chi connectivity index (χ2n) is 6.17. The second-order valence-corrected chi connectivity index (χ2v) is 6.17. The first-order valence-corrected chi connectivity index (χ1v) is 8.75. The largest absolute Gasteiger partial charge is 0.454 e. The molecule has 1 aromatic heterocycles. The molecule has 0 saturated carbocycles. The van der Waals surface area contributed by atoms with Crippen molar-refractivity contribution >= 4 is 34.8 Å². The summed E-state index contributed by atoms with van der Waals surface area (Å²) in [4.78, 5) is 32.1. The monoisotopic (exact) mass is 391 g/mol. The predicted octanol–water partition coefficient (Wildman–Crippen LogP) is 3.16. The maximum atomic E-state index is 12.6. The van der Waals surface area contributed by atoms with Gasteiger partial charge in [-0.25, -0.2) is 9.97 Å². The number of nitrogens with one attached hydrogen (secondary N) is 3. The molecule has 1 aliphatic heterocycles. The number of hydrogen-bond acceptors (Lipinski definition) is 7. The van der Waals surface area contributed by atoms with Crippen LogP contribution in [0, 0.1) is 0 Å². The van der Waals surface area contributed by atoms with Gasteiger partial charge in [-0.15, -0.1) is 0 Å². The lowest BCUT2D eigenvalue weighted by molar-refractivity contribution is -0.114. The summed E-state index contributed by atoms with van der Waals surface area (Å²) in [7, 11) is 0. The molecule has 0 bridgehead atoms. The second kappa shape index (κ2) is 7.85. The molecule has 146 valence electrons. The van der Waals surface area contributed by atoms with Crippen LogP contribution in [0.3, 0.4) is 0 Å². The Balaban J connectivity index is 1.47. The highest BCUT2D eigenvalue weighted by Gasteiger charge is 2.14. The van der Waals surface area contributed by atoms with Crippen molar-refractivity contribution in [2.24, 2.45) is 0 Å². The molecule has 1 aliphatic rings. The average molecular weight is 391 g/mol. The molecular weight excluding hydrogens is 374 g/mol. The molecule has 2 aromatic carbocycles. The molecule has 3 N–H and O–H groups in total. The van der Waals surface area contributed by atoms with E-state index in [0.717, 1.165) is 0 Å². The summed E-state index contributed by atoms with van der Waals surface area (Å²) in [5, 5.41) is 8.46. The zero-order valence-electron chi connectivity index (χ0n) is 15.4. The van der Waals surface area contributed by atoms with Gasteiger partial charge in [0.2, 0.25) is 18.6 Å². The molecule has 0 radical (unpaired) electrons. The van der Waals surface area contributed by atoms with Gasteiger partial charge in [0, 0.05) is 36.2 Å². The first kappa shape index (κ1) is 18.2. The molecule has 9 nitrogen and oxygen atoms in total. The van der Waals surface area contributed by atoms with E-state index in [2.05, 4.69) is 25.9 Å². The number of nitrogens with zero attached hydrogens (tertiary/aromatic N) is 2. The van der Waals surface area contributed by atoms with Gasteiger partial charge < -0.3 is 25.4 Å². The van der Waals surface area contributed by atoms with Crippen molar-refractivity contribution in [1.82, 2.24) is 9.97 Å². The summed E-state index contributed by atoms with van der Waals surface area (Å²) < 4.78 is 10.6. The first-order chi connectivity index (χ1) is 14.1. The van der Waals surface area contributed by atoms with E-state index in [4.69, 9.17) is 9.47 Å². The van der Waals surface area contributed by atoms with Crippen molar-refractivity contribution in [3.8, 4) is 11.5 Å². The standard InChI is InChI=1S/C20H17N5O4/c1-12(26)22-13-3-2-4-14(9-13)23-19(27)16-7-8-21-20(25-16)24-15-5-6-17-18(10-15)29-11-28-17/h2-10H,11H2,1H3,(H,22,26)(H,23,27)(H,21,24,25). The van der Waals surface area contributed by atoms with E-state index in [1.165, 1.54) is 19.2 Å². The topological polar surface area (TPSA) is 114 Å². The fraction of sp³-hybridized carbons (Fsp3) is 0.100. The Morgan fingerprint density at radius 3 is 2.55 bits per heavy atom. The number of amides is 2. The van der Waals surface area contributed by atoms with Crippen LogP contribution in [0.15, 0.2) is 54.7 Å². The summed E-state index contributed by atoms with van der Waals surface area (Å²) in [5.74, 6) is 0.974. The SMILES string of the molecule is CC(=O)Nc1cccc(NC(=O)c2ccnc(Nc3ccc4c(c3)OCO4)n2)c1. The molecule has 9 heteroatoms. The number of benzene rings is 2. The van der Waals surface area contributed by atoms with E-state index < -0.39 is 5.91 Å². The summed E-state index contributed by atoms with van der Waals surface area (Å²) >= 11 is 0. The van der Waals surface area contributed by atoms with E-state index in [9.17, 15) is 9.59 Å². The molecule has 29 heavy (non-hydrogen) atoms. The normalized spacial score (nSPS) is 11.6.